The lowest BCUT2D eigenvalue weighted by Gasteiger charge is -2.31. The Morgan fingerprint density at radius 2 is 2.19 bits per heavy atom. The molecule has 1 aromatic rings. The number of hydrogen-bond acceptors (Lipinski definition) is 5. The number of rotatable bonds is 11. The van der Waals surface area contributed by atoms with E-state index in [1.807, 2.05) is 0 Å². The van der Waals surface area contributed by atoms with Crippen molar-refractivity contribution in [2.24, 2.45) is 0 Å². The van der Waals surface area contributed by atoms with E-state index in [4.69, 9.17) is 4.74 Å². The average molecular weight is 439 g/mol. The van der Waals surface area contributed by atoms with Gasteiger partial charge in [-0.15, -0.1) is 11.8 Å². The Balaban J connectivity index is 1.82. The van der Waals surface area contributed by atoms with Gasteiger partial charge in [-0.1, -0.05) is 6.58 Å². The van der Waals surface area contributed by atoms with Crippen LogP contribution in [0.5, 0.6) is 0 Å². The van der Waals surface area contributed by atoms with Crippen molar-refractivity contribution in [2.45, 2.75) is 64.3 Å². The van der Waals surface area contributed by atoms with Gasteiger partial charge in [-0.2, -0.15) is 0 Å². The molecule has 1 fully saturated rings. The molecule has 0 bridgehead atoms. The molecule has 1 unspecified atom stereocenters. The molecule has 0 aromatic carbocycles. The number of carbonyl (C=O) groups is 3. The molecule has 3 rings (SSSR count). The molecule has 2 heterocycles. The van der Waals surface area contributed by atoms with Gasteiger partial charge in [0.15, 0.2) is 0 Å². The average Bonchev–Trinajstić information content (AvgIpc) is 3.48. The second kappa shape index (κ2) is 11.4. The standard InChI is InChI=1S/C24H30N4O4/c1-3-5-6-7-8-21(23(30)27-19-9-10-19)28(12-11-25-22(29)4-2)24(31)17-13-18-15-32-16-20(18)26-14-17/h4,13-14,19,21H,2,6-12,15-16H2,1H3,(H,25,29)(H,27,30). The number of amides is 3. The monoisotopic (exact) mass is 438 g/mol. The summed E-state index contributed by atoms with van der Waals surface area (Å²) in [6, 6.07) is 1.30. The van der Waals surface area contributed by atoms with E-state index in [1.165, 1.54) is 12.3 Å². The van der Waals surface area contributed by atoms with Crippen LogP contribution in [0.25, 0.3) is 0 Å². The van der Waals surface area contributed by atoms with Gasteiger partial charge in [-0.3, -0.25) is 19.4 Å². The number of aromatic nitrogens is 1. The molecule has 32 heavy (non-hydrogen) atoms. The van der Waals surface area contributed by atoms with Crippen molar-refractivity contribution in [1.29, 1.82) is 0 Å². The van der Waals surface area contributed by atoms with E-state index in [9.17, 15) is 14.4 Å². The summed E-state index contributed by atoms with van der Waals surface area (Å²) in [5, 5.41) is 5.72. The van der Waals surface area contributed by atoms with E-state index >= 15 is 0 Å². The second-order valence-corrected chi connectivity index (χ2v) is 7.93. The number of nitrogens with one attached hydrogen (secondary N) is 2. The second-order valence-electron chi connectivity index (χ2n) is 7.93. The summed E-state index contributed by atoms with van der Waals surface area (Å²) in [6.07, 6.45) is 6.44. The molecule has 0 saturated heterocycles. The third kappa shape index (κ3) is 6.41. The number of fused-ring (bicyclic) bond motifs is 1. The van der Waals surface area contributed by atoms with E-state index in [0.717, 1.165) is 24.1 Å². The van der Waals surface area contributed by atoms with Crippen molar-refractivity contribution in [3.8, 4) is 11.8 Å². The molecule has 170 valence electrons. The van der Waals surface area contributed by atoms with Gasteiger partial charge >= 0.3 is 0 Å². The van der Waals surface area contributed by atoms with Gasteiger partial charge in [-0.25, -0.2) is 0 Å². The van der Waals surface area contributed by atoms with Crippen molar-refractivity contribution < 1.29 is 19.1 Å². The maximum absolute atomic E-state index is 13.5. The molecule has 0 radical (unpaired) electrons. The van der Waals surface area contributed by atoms with Gasteiger partial charge in [0.1, 0.15) is 6.04 Å². The first kappa shape index (κ1) is 23.5. The number of nitrogens with zero attached hydrogens (tertiary/aromatic N) is 2. The van der Waals surface area contributed by atoms with Crippen LogP contribution in [0.4, 0.5) is 0 Å². The molecule has 2 N–H and O–H groups in total. The van der Waals surface area contributed by atoms with Gasteiger partial charge in [-0.05, 0) is 44.7 Å². The van der Waals surface area contributed by atoms with Crippen LogP contribution in [0, 0.1) is 11.8 Å². The zero-order chi connectivity index (χ0) is 22.9. The fraction of sp³-hybridized carbons (Fsp3) is 0.500. The maximum atomic E-state index is 13.5. The molecule has 1 aromatic heterocycles. The molecule has 0 spiro atoms. The fourth-order valence-electron chi connectivity index (χ4n) is 3.57. The molecule has 1 aliphatic heterocycles. The van der Waals surface area contributed by atoms with E-state index in [-0.39, 0.29) is 36.9 Å². The largest absolute Gasteiger partial charge is 0.370 e. The van der Waals surface area contributed by atoms with Crippen LogP contribution in [-0.2, 0) is 27.5 Å². The van der Waals surface area contributed by atoms with Crippen LogP contribution in [0.3, 0.4) is 0 Å². The molecule has 1 aliphatic carbocycles. The number of hydrogen-bond donors (Lipinski definition) is 2. The Bertz CT molecular complexity index is 930. The van der Waals surface area contributed by atoms with Crippen molar-refractivity contribution in [2.75, 3.05) is 13.1 Å². The normalized spacial score (nSPS) is 15.0. The van der Waals surface area contributed by atoms with Crippen LogP contribution >= 0.6 is 0 Å². The maximum Gasteiger partial charge on any atom is 0.256 e. The van der Waals surface area contributed by atoms with Gasteiger partial charge in [0, 0.05) is 37.3 Å². The topological polar surface area (TPSA) is 101 Å². The zero-order valence-corrected chi connectivity index (χ0v) is 18.5. The summed E-state index contributed by atoms with van der Waals surface area (Å²) in [5.74, 6) is 5.08. The van der Waals surface area contributed by atoms with E-state index in [0.29, 0.717) is 38.0 Å². The first-order chi connectivity index (χ1) is 15.5. The summed E-state index contributed by atoms with van der Waals surface area (Å²) in [5.41, 5.74) is 2.11. The minimum Gasteiger partial charge on any atom is -0.370 e. The van der Waals surface area contributed by atoms with Crippen LogP contribution < -0.4 is 10.6 Å². The fourth-order valence-corrected chi connectivity index (χ4v) is 3.57. The summed E-state index contributed by atoms with van der Waals surface area (Å²) >= 11 is 0. The quantitative estimate of drug-likeness (QED) is 0.311. The summed E-state index contributed by atoms with van der Waals surface area (Å²) < 4.78 is 5.40. The first-order valence-corrected chi connectivity index (χ1v) is 11.0. The van der Waals surface area contributed by atoms with Gasteiger partial charge in [0.25, 0.3) is 5.91 Å². The van der Waals surface area contributed by atoms with E-state index < -0.39 is 6.04 Å². The Labute approximate surface area is 188 Å². The molecule has 1 saturated carbocycles. The van der Waals surface area contributed by atoms with Gasteiger partial charge < -0.3 is 20.3 Å². The third-order valence-electron chi connectivity index (χ3n) is 5.46. The molecule has 8 nitrogen and oxygen atoms in total. The smallest absolute Gasteiger partial charge is 0.256 e. The lowest BCUT2D eigenvalue weighted by Crippen LogP contribution is -2.52. The number of pyridine rings is 1. The number of carbonyl (C=O) groups excluding carboxylic acids is 3. The number of unbranched alkanes of at least 4 members (excludes halogenated alkanes) is 1. The predicted octanol–water partition coefficient (Wildman–Crippen LogP) is 1.70. The van der Waals surface area contributed by atoms with Gasteiger partial charge in [0.2, 0.25) is 11.8 Å². The summed E-state index contributed by atoms with van der Waals surface area (Å²) in [6.45, 7) is 6.47. The van der Waals surface area contributed by atoms with Crippen LogP contribution in [0.15, 0.2) is 24.9 Å². The Kier molecular flexibility index (Phi) is 8.40. The van der Waals surface area contributed by atoms with Crippen LogP contribution in [0.1, 0.15) is 60.6 Å². The molecule has 1 atom stereocenters. The highest BCUT2D eigenvalue weighted by molar-refractivity contribution is 5.97. The van der Waals surface area contributed by atoms with Crippen molar-refractivity contribution >= 4 is 17.7 Å². The molecule has 8 heteroatoms. The highest BCUT2D eigenvalue weighted by Gasteiger charge is 2.34. The highest BCUT2D eigenvalue weighted by Crippen LogP contribution is 2.22. The van der Waals surface area contributed by atoms with Gasteiger partial charge in [0.05, 0.1) is 24.5 Å². The predicted molar refractivity (Wildman–Crippen MR) is 119 cm³/mol. The molecule has 2 aliphatic rings. The number of ether oxygens (including phenoxy) is 1. The highest BCUT2D eigenvalue weighted by atomic mass is 16.5. The Morgan fingerprint density at radius 3 is 2.91 bits per heavy atom. The third-order valence-corrected chi connectivity index (χ3v) is 5.46. The minimum atomic E-state index is -0.660. The van der Waals surface area contributed by atoms with Crippen molar-refractivity contribution in [3.05, 3.63) is 41.7 Å². The van der Waals surface area contributed by atoms with Crippen molar-refractivity contribution in [1.82, 2.24) is 20.5 Å². The van der Waals surface area contributed by atoms with E-state index in [2.05, 4.69) is 34.0 Å². The Hall–Kier alpha value is -3.18. The Morgan fingerprint density at radius 1 is 1.38 bits per heavy atom. The first-order valence-electron chi connectivity index (χ1n) is 11.0. The van der Waals surface area contributed by atoms with Crippen LogP contribution in [-0.4, -0.2) is 52.8 Å². The molecule has 3 amide bonds. The van der Waals surface area contributed by atoms with Crippen molar-refractivity contribution in [3.63, 3.8) is 0 Å². The summed E-state index contributed by atoms with van der Waals surface area (Å²) in [4.78, 5) is 44.1. The molecular formula is C24H30N4O4. The van der Waals surface area contributed by atoms with Crippen LogP contribution in [0.2, 0.25) is 0 Å². The lowest BCUT2D eigenvalue weighted by atomic mass is 10.0. The summed E-state index contributed by atoms with van der Waals surface area (Å²) in [7, 11) is 0. The molecular weight excluding hydrogens is 408 g/mol. The van der Waals surface area contributed by atoms with E-state index in [1.54, 1.807) is 17.9 Å². The lowest BCUT2D eigenvalue weighted by molar-refractivity contribution is -0.126. The minimum absolute atomic E-state index is 0.169. The zero-order valence-electron chi connectivity index (χ0n) is 18.5. The SMILES string of the molecule is C=CC(=O)NCCN(C(=O)c1cnc2c(c1)COC2)C(CCCC#CC)C(=O)NC1CC1.